The van der Waals surface area contributed by atoms with E-state index in [1.165, 1.54) is 16.7 Å². The first kappa shape index (κ1) is 22.3. The smallest absolute Gasteiger partial charge is 0.338 e. The van der Waals surface area contributed by atoms with Gasteiger partial charge in [-0.05, 0) is 48.0 Å². The van der Waals surface area contributed by atoms with Gasteiger partial charge in [-0.1, -0.05) is 48.5 Å². The highest BCUT2D eigenvalue weighted by Gasteiger charge is 2.12. The second kappa shape index (κ2) is 9.80. The molecule has 5 nitrogen and oxygen atoms in total. The molecule has 35 heavy (non-hydrogen) atoms. The number of ether oxygens (including phenoxy) is 1. The first-order valence-corrected chi connectivity index (χ1v) is 12.0. The molecule has 0 spiro atoms. The van der Waals surface area contributed by atoms with Crippen LogP contribution in [0.5, 0.6) is 0 Å². The molecule has 170 valence electrons. The van der Waals surface area contributed by atoms with Crippen molar-refractivity contribution in [1.29, 1.82) is 5.26 Å². The number of allylic oxidation sites excluding steroid dienone is 1. The van der Waals surface area contributed by atoms with Crippen LogP contribution in [0.4, 0.5) is 0 Å². The molecule has 2 aromatic heterocycles. The average Bonchev–Trinajstić information content (AvgIpc) is 3.57. The minimum absolute atomic E-state index is 0.332. The van der Waals surface area contributed by atoms with Gasteiger partial charge < -0.3 is 9.15 Å². The highest BCUT2D eigenvalue weighted by atomic mass is 32.1. The van der Waals surface area contributed by atoms with Gasteiger partial charge in [-0.25, -0.2) is 9.78 Å². The van der Waals surface area contributed by atoms with Crippen molar-refractivity contribution >= 4 is 39.7 Å². The Morgan fingerprint density at radius 3 is 2.57 bits per heavy atom. The van der Waals surface area contributed by atoms with Crippen molar-refractivity contribution in [3.63, 3.8) is 0 Å². The fourth-order valence-corrected chi connectivity index (χ4v) is 4.53. The Morgan fingerprint density at radius 1 is 1.03 bits per heavy atom. The van der Waals surface area contributed by atoms with Gasteiger partial charge in [0.15, 0.2) is 0 Å². The fraction of sp³-hybridized carbons (Fsp3) is 0.0690. The monoisotopic (exact) mass is 476 g/mol. The van der Waals surface area contributed by atoms with Crippen LogP contribution in [-0.4, -0.2) is 17.6 Å². The van der Waals surface area contributed by atoms with Crippen LogP contribution in [0.3, 0.4) is 0 Å². The maximum atomic E-state index is 11.8. The topological polar surface area (TPSA) is 76.1 Å². The van der Waals surface area contributed by atoms with E-state index in [0.717, 1.165) is 22.2 Å². The molecule has 6 heteroatoms. The first-order valence-electron chi connectivity index (χ1n) is 11.1. The summed E-state index contributed by atoms with van der Waals surface area (Å²) in [5.74, 6) is 0.834. The van der Waals surface area contributed by atoms with Gasteiger partial charge in [0.1, 0.15) is 22.6 Å². The maximum absolute atomic E-state index is 11.8. The molecular weight excluding hydrogens is 456 g/mol. The number of hydrogen-bond donors (Lipinski definition) is 0. The third-order valence-electron chi connectivity index (χ3n) is 5.49. The van der Waals surface area contributed by atoms with E-state index in [-0.39, 0.29) is 5.97 Å². The third kappa shape index (κ3) is 4.77. The van der Waals surface area contributed by atoms with Crippen LogP contribution in [0, 0.1) is 11.3 Å². The minimum atomic E-state index is -0.354. The lowest BCUT2D eigenvalue weighted by atomic mass is 10.1. The number of fused-ring (bicyclic) bond motifs is 1. The van der Waals surface area contributed by atoms with E-state index in [9.17, 15) is 10.1 Å². The molecule has 5 aromatic rings. The van der Waals surface area contributed by atoms with Crippen LogP contribution >= 0.6 is 11.3 Å². The van der Waals surface area contributed by atoms with Gasteiger partial charge in [0.05, 0.1) is 23.4 Å². The summed E-state index contributed by atoms with van der Waals surface area (Å²) in [5.41, 5.74) is 3.58. The van der Waals surface area contributed by atoms with E-state index in [2.05, 4.69) is 30.3 Å². The molecule has 0 atom stereocenters. The summed E-state index contributed by atoms with van der Waals surface area (Å²) < 4.78 is 11.0. The van der Waals surface area contributed by atoms with Crippen LogP contribution in [0.1, 0.15) is 28.0 Å². The Balaban J connectivity index is 1.37. The highest BCUT2D eigenvalue weighted by molar-refractivity contribution is 7.11. The quantitative estimate of drug-likeness (QED) is 0.188. The molecule has 0 radical (unpaired) electrons. The van der Waals surface area contributed by atoms with Crippen molar-refractivity contribution in [1.82, 2.24) is 4.98 Å². The Hall–Kier alpha value is -4.47. The van der Waals surface area contributed by atoms with Crippen LogP contribution < -0.4 is 0 Å². The summed E-state index contributed by atoms with van der Waals surface area (Å²) in [6, 6.07) is 27.3. The van der Waals surface area contributed by atoms with Gasteiger partial charge in [-0.2, -0.15) is 5.26 Å². The number of thiazole rings is 1. The number of furan rings is 1. The van der Waals surface area contributed by atoms with Crippen LogP contribution in [0.15, 0.2) is 88.7 Å². The summed E-state index contributed by atoms with van der Waals surface area (Å²) in [4.78, 5) is 16.5. The molecule has 0 unspecified atom stereocenters. The molecule has 0 N–H and O–H groups in total. The summed E-state index contributed by atoms with van der Waals surface area (Å²) in [5, 5.41) is 14.7. The maximum Gasteiger partial charge on any atom is 0.338 e. The van der Waals surface area contributed by atoms with Gasteiger partial charge in [-0.15, -0.1) is 11.3 Å². The molecule has 0 saturated heterocycles. The predicted octanol–water partition coefficient (Wildman–Crippen LogP) is 7.46. The molecule has 0 bridgehead atoms. The molecule has 0 saturated carbocycles. The van der Waals surface area contributed by atoms with Crippen molar-refractivity contribution in [3.8, 4) is 28.7 Å². The zero-order valence-corrected chi connectivity index (χ0v) is 19.7. The van der Waals surface area contributed by atoms with Gasteiger partial charge in [-0.3, -0.25) is 0 Å². The van der Waals surface area contributed by atoms with E-state index in [0.29, 0.717) is 34.3 Å². The standard InChI is InChI=1S/C29H20N2O3S/c1-2-33-29(32)21-10-8-20(9-11-21)27-14-13-25(34-27)16-24(17-30)28-31-26(18-35-28)23-12-7-19-5-3-4-6-22(19)15-23/h3-16,18H,2H2,1H3. The Kier molecular flexibility index (Phi) is 6.25. The molecule has 0 amide bonds. The third-order valence-corrected chi connectivity index (χ3v) is 6.37. The van der Waals surface area contributed by atoms with Gasteiger partial charge in [0.2, 0.25) is 0 Å². The molecule has 2 heterocycles. The van der Waals surface area contributed by atoms with Gasteiger partial charge in [0.25, 0.3) is 0 Å². The number of aromatic nitrogens is 1. The van der Waals surface area contributed by atoms with Crippen molar-refractivity contribution in [2.45, 2.75) is 6.92 Å². The zero-order valence-electron chi connectivity index (χ0n) is 18.9. The average molecular weight is 477 g/mol. The number of esters is 1. The fourth-order valence-electron chi connectivity index (χ4n) is 3.73. The van der Waals surface area contributed by atoms with Crippen LogP contribution in [-0.2, 0) is 4.74 Å². The number of hydrogen-bond acceptors (Lipinski definition) is 6. The van der Waals surface area contributed by atoms with Gasteiger partial charge >= 0.3 is 5.97 Å². The lowest BCUT2D eigenvalue weighted by Crippen LogP contribution is -2.03. The van der Waals surface area contributed by atoms with Crippen LogP contribution in [0.2, 0.25) is 0 Å². The van der Waals surface area contributed by atoms with Crippen molar-refractivity contribution in [3.05, 3.63) is 101 Å². The second-order valence-electron chi connectivity index (χ2n) is 7.77. The molecule has 0 fully saturated rings. The number of rotatable bonds is 6. The van der Waals surface area contributed by atoms with Crippen molar-refractivity contribution in [2.75, 3.05) is 6.61 Å². The lowest BCUT2D eigenvalue weighted by Gasteiger charge is -2.02. The molecule has 0 aliphatic heterocycles. The van der Waals surface area contributed by atoms with Crippen LogP contribution in [0.25, 0.3) is 45.0 Å². The number of carbonyl (C=O) groups is 1. The van der Waals surface area contributed by atoms with Crippen molar-refractivity contribution in [2.24, 2.45) is 0 Å². The lowest BCUT2D eigenvalue weighted by molar-refractivity contribution is 0.0526. The van der Waals surface area contributed by atoms with E-state index in [1.807, 2.05) is 35.7 Å². The number of nitrogens with zero attached hydrogens (tertiary/aromatic N) is 2. The summed E-state index contributed by atoms with van der Waals surface area (Å²) in [6.45, 7) is 2.11. The van der Waals surface area contributed by atoms with Gasteiger partial charge in [0, 0.05) is 22.6 Å². The van der Waals surface area contributed by atoms with E-state index < -0.39 is 0 Å². The number of carbonyl (C=O) groups excluding carboxylic acids is 1. The molecule has 0 aliphatic rings. The first-order chi connectivity index (χ1) is 17.1. The van der Waals surface area contributed by atoms with Crippen molar-refractivity contribution < 1.29 is 13.9 Å². The molecular formula is C29H20N2O3S. The summed E-state index contributed by atoms with van der Waals surface area (Å²) in [7, 11) is 0. The Morgan fingerprint density at radius 2 is 1.80 bits per heavy atom. The number of benzene rings is 3. The SMILES string of the molecule is CCOC(=O)c1ccc(-c2ccc(C=C(C#N)c3nc(-c4ccc5ccccc5c4)cs3)o2)cc1. The summed E-state index contributed by atoms with van der Waals surface area (Å²) >= 11 is 1.43. The molecule has 0 aliphatic carbocycles. The number of nitriles is 1. The largest absolute Gasteiger partial charge is 0.462 e. The molecule has 3 aromatic carbocycles. The summed E-state index contributed by atoms with van der Waals surface area (Å²) in [6.07, 6.45) is 1.69. The van der Waals surface area contributed by atoms with E-state index >= 15 is 0 Å². The highest BCUT2D eigenvalue weighted by Crippen LogP contribution is 2.30. The minimum Gasteiger partial charge on any atom is -0.462 e. The second-order valence-corrected chi connectivity index (χ2v) is 8.63. The van der Waals surface area contributed by atoms with E-state index in [4.69, 9.17) is 14.1 Å². The Labute approximate surface area is 206 Å². The molecule has 5 rings (SSSR count). The zero-order chi connectivity index (χ0) is 24.2. The van der Waals surface area contributed by atoms with E-state index in [1.54, 1.807) is 37.3 Å². The Bertz CT molecular complexity index is 1590. The normalized spacial score (nSPS) is 11.4. The predicted molar refractivity (Wildman–Crippen MR) is 139 cm³/mol.